The number of hydrogen-bond acceptors (Lipinski definition) is 3. The summed E-state index contributed by atoms with van der Waals surface area (Å²) < 4.78 is 32.0. The Morgan fingerprint density at radius 3 is 2.90 bits per heavy atom. The van der Waals surface area contributed by atoms with Crippen molar-refractivity contribution in [2.24, 2.45) is 0 Å². The molecule has 2 N–H and O–H groups in total. The number of halogens is 2. The van der Waals surface area contributed by atoms with Crippen LogP contribution < -0.4 is 10.1 Å². The van der Waals surface area contributed by atoms with Gasteiger partial charge in [-0.1, -0.05) is 6.92 Å². The molecule has 0 spiro atoms. The van der Waals surface area contributed by atoms with E-state index in [2.05, 4.69) is 12.2 Å². The van der Waals surface area contributed by atoms with Crippen LogP contribution in [-0.2, 0) is 0 Å². The van der Waals surface area contributed by atoms with Crippen LogP contribution in [0.25, 0.3) is 0 Å². The summed E-state index contributed by atoms with van der Waals surface area (Å²) in [5.41, 5.74) is -0.336. The number of aliphatic hydroxyl groups is 1. The van der Waals surface area contributed by atoms with Crippen LogP contribution in [0, 0.1) is 11.6 Å². The zero-order valence-electron chi connectivity index (χ0n) is 11.7. The summed E-state index contributed by atoms with van der Waals surface area (Å²) in [5.74, 6) is -1.23. The Bertz CT molecular complexity index is 455. The van der Waals surface area contributed by atoms with Gasteiger partial charge >= 0.3 is 0 Å². The maximum atomic E-state index is 13.6. The minimum absolute atomic E-state index is 0.0404. The van der Waals surface area contributed by atoms with Crippen LogP contribution in [0.3, 0.4) is 0 Å². The third-order valence-corrected chi connectivity index (χ3v) is 3.80. The molecule has 2 rings (SSSR count). The van der Waals surface area contributed by atoms with Crippen LogP contribution in [0.2, 0.25) is 0 Å². The summed E-state index contributed by atoms with van der Waals surface area (Å²) >= 11 is 0. The highest BCUT2D eigenvalue weighted by atomic mass is 19.1. The highest BCUT2D eigenvalue weighted by Gasteiger charge is 2.39. The quantitative estimate of drug-likeness (QED) is 0.844. The van der Waals surface area contributed by atoms with E-state index < -0.39 is 11.6 Å². The first-order valence-electron chi connectivity index (χ1n) is 7.06. The fourth-order valence-corrected chi connectivity index (χ4v) is 2.68. The second-order valence-corrected chi connectivity index (χ2v) is 5.42. The molecule has 0 saturated heterocycles. The first-order chi connectivity index (χ1) is 9.58. The van der Waals surface area contributed by atoms with Crippen LogP contribution >= 0.6 is 0 Å². The smallest absolute Gasteiger partial charge is 0.167 e. The maximum absolute atomic E-state index is 13.6. The predicted octanol–water partition coefficient (Wildman–Crippen LogP) is 2.63. The van der Waals surface area contributed by atoms with E-state index >= 15 is 0 Å². The third-order valence-electron chi connectivity index (χ3n) is 3.80. The third kappa shape index (κ3) is 3.46. The standard InChI is InChI=1S/C15H21F2NO2/c1-2-7-18-15(10-19)6-5-12(9-15)20-14-4-3-11(16)8-13(14)17/h3-4,8,12,18-19H,2,5-7,9-10H2,1H3. The van der Waals surface area contributed by atoms with Crippen LogP contribution in [-0.4, -0.2) is 29.9 Å². The van der Waals surface area contributed by atoms with Crippen molar-refractivity contribution in [3.8, 4) is 5.75 Å². The van der Waals surface area contributed by atoms with Gasteiger partial charge in [0, 0.05) is 18.0 Å². The van der Waals surface area contributed by atoms with Gasteiger partial charge in [-0.15, -0.1) is 0 Å². The van der Waals surface area contributed by atoms with Crippen molar-refractivity contribution >= 4 is 0 Å². The average Bonchev–Trinajstić information content (AvgIpc) is 2.84. The van der Waals surface area contributed by atoms with Crippen LogP contribution in [0.1, 0.15) is 32.6 Å². The maximum Gasteiger partial charge on any atom is 0.167 e. The topological polar surface area (TPSA) is 41.5 Å². The van der Waals surface area contributed by atoms with Crippen molar-refractivity contribution in [3.63, 3.8) is 0 Å². The Morgan fingerprint density at radius 1 is 1.45 bits per heavy atom. The molecule has 3 nitrogen and oxygen atoms in total. The van der Waals surface area contributed by atoms with Gasteiger partial charge in [-0.25, -0.2) is 8.78 Å². The highest BCUT2D eigenvalue weighted by Crippen LogP contribution is 2.33. The number of hydrogen-bond donors (Lipinski definition) is 2. The number of ether oxygens (including phenoxy) is 1. The Morgan fingerprint density at radius 2 is 2.25 bits per heavy atom. The van der Waals surface area contributed by atoms with Gasteiger partial charge in [-0.3, -0.25) is 0 Å². The van der Waals surface area contributed by atoms with E-state index in [1.807, 2.05) is 0 Å². The normalized spacial score (nSPS) is 25.9. The van der Waals surface area contributed by atoms with Crippen molar-refractivity contribution in [2.45, 2.75) is 44.2 Å². The molecule has 0 amide bonds. The molecule has 112 valence electrons. The lowest BCUT2D eigenvalue weighted by Crippen LogP contribution is -2.47. The molecule has 1 aliphatic rings. The molecule has 1 fully saturated rings. The molecule has 1 aromatic carbocycles. The first-order valence-corrected chi connectivity index (χ1v) is 7.06. The lowest BCUT2D eigenvalue weighted by Gasteiger charge is -2.28. The molecule has 1 aliphatic carbocycles. The SMILES string of the molecule is CCCNC1(CO)CCC(Oc2ccc(F)cc2F)C1. The fourth-order valence-electron chi connectivity index (χ4n) is 2.68. The molecule has 2 unspecified atom stereocenters. The predicted molar refractivity (Wildman–Crippen MR) is 72.7 cm³/mol. The molecule has 0 aliphatic heterocycles. The summed E-state index contributed by atoms with van der Waals surface area (Å²) in [7, 11) is 0. The largest absolute Gasteiger partial charge is 0.487 e. The molecule has 0 bridgehead atoms. The highest BCUT2D eigenvalue weighted by molar-refractivity contribution is 5.25. The summed E-state index contributed by atoms with van der Waals surface area (Å²) in [6, 6.07) is 3.31. The molecule has 20 heavy (non-hydrogen) atoms. The molecule has 0 aromatic heterocycles. The van der Waals surface area contributed by atoms with Gasteiger partial charge < -0.3 is 15.2 Å². The summed E-state index contributed by atoms with van der Waals surface area (Å²) in [6.07, 6.45) is 2.98. The monoisotopic (exact) mass is 285 g/mol. The lowest BCUT2D eigenvalue weighted by atomic mass is 9.98. The molecule has 0 radical (unpaired) electrons. The molecular weight excluding hydrogens is 264 g/mol. The van der Waals surface area contributed by atoms with Crippen LogP contribution in [0.15, 0.2) is 18.2 Å². The van der Waals surface area contributed by atoms with Gasteiger partial charge in [0.05, 0.1) is 6.61 Å². The lowest BCUT2D eigenvalue weighted by molar-refractivity contribution is 0.138. The van der Waals surface area contributed by atoms with Crippen molar-refractivity contribution < 1.29 is 18.6 Å². The molecule has 2 atom stereocenters. The van der Waals surface area contributed by atoms with E-state index in [1.54, 1.807) is 0 Å². The Labute approximate surface area is 117 Å². The van der Waals surface area contributed by atoms with Gasteiger partial charge in [0.2, 0.25) is 0 Å². The van der Waals surface area contributed by atoms with Gasteiger partial charge in [0.15, 0.2) is 11.6 Å². The van der Waals surface area contributed by atoms with E-state index in [9.17, 15) is 13.9 Å². The summed E-state index contributed by atoms with van der Waals surface area (Å²) in [6.45, 7) is 2.94. The van der Waals surface area contributed by atoms with E-state index in [4.69, 9.17) is 4.74 Å². The molecular formula is C15H21F2NO2. The van der Waals surface area contributed by atoms with Crippen molar-refractivity contribution in [2.75, 3.05) is 13.2 Å². The average molecular weight is 285 g/mol. The van der Waals surface area contributed by atoms with Crippen molar-refractivity contribution in [3.05, 3.63) is 29.8 Å². The molecule has 1 saturated carbocycles. The minimum atomic E-state index is -0.687. The Kier molecular flexibility index (Phi) is 4.94. The second-order valence-electron chi connectivity index (χ2n) is 5.42. The van der Waals surface area contributed by atoms with Crippen molar-refractivity contribution in [1.82, 2.24) is 5.32 Å². The minimum Gasteiger partial charge on any atom is -0.487 e. The van der Waals surface area contributed by atoms with Gasteiger partial charge in [0.25, 0.3) is 0 Å². The Hall–Kier alpha value is -1.20. The van der Waals surface area contributed by atoms with Crippen molar-refractivity contribution in [1.29, 1.82) is 0 Å². The summed E-state index contributed by atoms with van der Waals surface area (Å²) in [4.78, 5) is 0. The van der Waals surface area contributed by atoms with Gasteiger partial charge in [-0.05, 0) is 37.9 Å². The van der Waals surface area contributed by atoms with E-state index in [-0.39, 0.29) is 24.0 Å². The number of rotatable bonds is 6. The molecule has 0 heterocycles. The second kappa shape index (κ2) is 6.50. The molecule has 5 heteroatoms. The van der Waals surface area contributed by atoms with E-state index in [0.29, 0.717) is 6.42 Å². The van der Waals surface area contributed by atoms with E-state index in [1.165, 1.54) is 12.1 Å². The van der Waals surface area contributed by atoms with Crippen LogP contribution in [0.4, 0.5) is 8.78 Å². The van der Waals surface area contributed by atoms with Gasteiger partial charge in [-0.2, -0.15) is 0 Å². The molecule has 1 aromatic rings. The van der Waals surface area contributed by atoms with E-state index in [0.717, 1.165) is 31.9 Å². The number of nitrogens with one attached hydrogen (secondary N) is 1. The Balaban J connectivity index is 1.98. The number of aliphatic hydroxyl groups excluding tert-OH is 1. The zero-order valence-corrected chi connectivity index (χ0v) is 11.7. The van der Waals surface area contributed by atoms with Crippen LogP contribution in [0.5, 0.6) is 5.75 Å². The van der Waals surface area contributed by atoms with Gasteiger partial charge in [0.1, 0.15) is 11.9 Å². The fraction of sp³-hybridized carbons (Fsp3) is 0.600. The summed E-state index contributed by atoms with van der Waals surface area (Å²) in [5, 5.41) is 12.9. The zero-order chi connectivity index (χ0) is 14.6. The number of benzene rings is 1. The first kappa shape index (κ1) is 15.2.